The van der Waals surface area contributed by atoms with Gasteiger partial charge in [-0.15, -0.1) is 0 Å². The number of ether oxygens (including phenoxy) is 1. The Hall–Kier alpha value is -1.69. The number of nitrogens with zero attached hydrogens (tertiary/aromatic N) is 2. The Morgan fingerprint density at radius 1 is 1.50 bits per heavy atom. The second-order valence-corrected chi connectivity index (χ2v) is 5.25. The Labute approximate surface area is 118 Å². The molecule has 20 heavy (non-hydrogen) atoms. The molecule has 110 valence electrons. The van der Waals surface area contributed by atoms with Gasteiger partial charge in [-0.2, -0.15) is 0 Å². The zero-order chi connectivity index (χ0) is 14.6. The van der Waals surface area contributed by atoms with Crippen LogP contribution in [0.4, 0.5) is 0 Å². The van der Waals surface area contributed by atoms with Crippen molar-refractivity contribution in [3.8, 4) is 0 Å². The molecule has 3 fully saturated rings. The van der Waals surface area contributed by atoms with Crippen LogP contribution in [0.15, 0.2) is 17.8 Å². The molecule has 3 rings (SSSR count). The summed E-state index contributed by atoms with van der Waals surface area (Å²) in [7, 11) is 0. The highest BCUT2D eigenvalue weighted by Gasteiger charge is 2.55. The Balaban J connectivity index is 2.25. The SMILES string of the molecule is C=CC(ON=CC=O)C1(OC(C)=O)CN2CCC1CC2. The minimum Gasteiger partial charge on any atom is -0.453 e. The summed E-state index contributed by atoms with van der Waals surface area (Å²) in [6, 6.07) is 0. The number of carbonyl (C=O) groups is 2. The molecule has 2 atom stereocenters. The standard InChI is InChI=1S/C14H20N2O4/c1-3-13(20-15-6-9-17)14(19-11(2)18)10-16-7-4-12(14)5-8-16/h3,6,9,12-13H,1,4-5,7-8,10H2,2H3. The lowest BCUT2D eigenvalue weighted by molar-refractivity contribution is -0.208. The molecule has 0 saturated carbocycles. The number of piperidine rings is 3. The molecule has 0 amide bonds. The molecule has 2 bridgehead atoms. The summed E-state index contributed by atoms with van der Waals surface area (Å²) in [5.41, 5.74) is -0.760. The van der Waals surface area contributed by atoms with Crippen molar-refractivity contribution in [3.05, 3.63) is 12.7 Å². The first-order valence-corrected chi connectivity index (χ1v) is 6.80. The van der Waals surface area contributed by atoms with E-state index in [0.29, 0.717) is 12.8 Å². The molecule has 3 aliphatic rings. The molecule has 0 aliphatic carbocycles. The molecule has 0 radical (unpaired) electrons. The van der Waals surface area contributed by atoms with Crippen LogP contribution >= 0.6 is 0 Å². The van der Waals surface area contributed by atoms with Gasteiger partial charge in [0, 0.05) is 19.4 Å². The lowest BCUT2D eigenvalue weighted by Gasteiger charge is -2.53. The van der Waals surface area contributed by atoms with Crippen molar-refractivity contribution in [2.24, 2.45) is 11.1 Å². The minimum absolute atomic E-state index is 0.228. The lowest BCUT2D eigenvalue weighted by Crippen LogP contribution is -2.66. The summed E-state index contributed by atoms with van der Waals surface area (Å²) in [4.78, 5) is 29.4. The molecule has 2 unspecified atom stereocenters. The van der Waals surface area contributed by atoms with E-state index in [1.807, 2.05) is 0 Å². The van der Waals surface area contributed by atoms with Crippen molar-refractivity contribution in [1.82, 2.24) is 4.90 Å². The molecular weight excluding hydrogens is 260 g/mol. The number of rotatable bonds is 6. The fourth-order valence-corrected chi connectivity index (χ4v) is 3.28. The number of fused-ring (bicyclic) bond motifs is 3. The summed E-state index contributed by atoms with van der Waals surface area (Å²) in [5, 5.41) is 3.60. The highest BCUT2D eigenvalue weighted by Crippen LogP contribution is 2.42. The predicted octanol–water partition coefficient (Wildman–Crippen LogP) is 0.770. The van der Waals surface area contributed by atoms with Crippen LogP contribution in [0.25, 0.3) is 0 Å². The predicted molar refractivity (Wildman–Crippen MR) is 73.3 cm³/mol. The number of hydrogen-bond donors (Lipinski definition) is 0. The molecule has 6 heteroatoms. The highest BCUT2D eigenvalue weighted by molar-refractivity contribution is 6.12. The van der Waals surface area contributed by atoms with Gasteiger partial charge in [-0.05, 0) is 32.0 Å². The van der Waals surface area contributed by atoms with Crippen LogP contribution in [-0.4, -0.2) is 54.7 Å². The molecule has 0 spiro atoms. The zero-order valence-electron chi connectivity index (χ0n) is 11.7. The van der Waals surface area contributed by atoms with Gasteiger partial charge in [0.2, 0.25) is 0 Å². The van der Waals surface area contributed by atoms with Crippen molar-refractivity contribution in [1.29, 1.82) is 0 Å². The Bertz CT molecular complexity index is 415. The van der Waals surface area contributed by atoms with Gasteiger partial charge in [0.15, 0.2) is 18.0 Å². The van der Waals surface area contributed by atoms with E-state index < -0.39 is 11.7 Å². The van der Waals surface area contributed by atoms with Gasteiger partial charge < -0.3 is 9.57 Å². The van der Waals surface area contributed by atoms with E-state index in [1.165, 1.54) is 6.92 Å². The topological polar surface area (TPSA) is 68.2 Å². The van der Waals surface area contributed by atoms with Gasteiger partial charge >= 0.3 is 5.97 Å². The van der Waals surface area contributed by atoms with Crippen molar-refractivity contribution >= 4 is 18.5 Å². The normalized spacial score (nSPS) is 33.6. The summed E-state index contributed by atoms with van der Waals surface area (Å²) in [6.07, 6.45) is 4.51. The maximum Gasteiger partial charge on any atom is 0.303 e. The van der Waals surface area contributed by atoms with Gasteiger partial charge in [0.1, 0.15) is 6.21 Å². The van der Waals surface area contributed by atoms with Crippen molar-refractivity contribution < 1.29 is 19.2 Å². The van der Waals surface area contributed by atoms with E-state index in [2.05, 4.69) is 16.6 Å². The van der Waals surface area contributed by atoms with Gasteiger partial charge in [0.05, 0.1) is 0 Å². The highest BCUT2D eigenvalue weighted by atomic mass is 16.7. The molecule has 3 saturated heterocycles. The van der Waals surface area contributed by atoms with E-state index in [-0.39, 0.29) is 11.9 Å². The van der Waals surface area contributed by atoms with Gasteiger partial charge in [-0.25, -0.2) is 0 Å². The van der Waals surface area contributed by atoms with Crippen LogP contribution in [0, 0.1) is 5.92 Å². The summed E-state index contributed by atoms with van der Waals surface area (Å²) >= 11 is 0. The van der Waals surface area contributed by atoms with E-state index >= 15 is 0 Å². The summed E-state index contributed by atoms with van der Waals surface area (Å²) in [5.74, 6) is -0.112. The Morgan fingerprint density at radius 3 is 2.65 bits per heavy atom. The largest absolute Gasteiger partial charge is 0.453 e. The monoisotopic (exact) mass is 280 g/mol. The van der Waals surface area contributed by atoms with E-state index in [4.69, 9.17) is 9.57 Å². The first kappa shape index (κ1) is 14.7. The van der Waals surface area contributed by atoms with E-state index in [9.17, 15) is 9.59 Å². The van der Waals surface area contributed by atoms with Crippen LogP contribution in [0.1, 0.15) is 19.8 Å². The summed E-state index contributed by atoms with van der Waals surface area (Å²) < 4.78 is 5.66. The number of esters is 1. The molecule has 3 aliphatic heterocycles. The maximum absolute atomic E-state index is 11.5. The van der Waals surface area contributed by atoms with E-state index in [0.717, 1.165) is 32.1 Å². The first-order chi connectivity index (χ1) is 9.62. The Morgan fingerprint density at radius 2 is 2.20 bits per heavy atom. The molecule has 0 aromatic carbocycles. The van der Waals surface area contributed by atoms with Crippen LogP contribution < -0.4 is 0 Å². The van der Waals surface area contributed by atoms with Crippen LogP contribution in [0.5, 0.6) is 0 Å². The van der Waals surface area contributed by atoms with Crippen molar-refractivity contribution in [3.63, 3.8) is 0 Å². The van der Waals surface area contributed by atoms with Gasteiger partial charge in [-0.3, -0.25) is 14.5 Å². The zero-order valence-corrected chi connectivity index (χ0v) is 11.7. The molecule has 0 N–H and O–H groups in total. The second kappa shape index (κ2) is 6.17. The van der Waals surface area contributed by atoms with Crippen LogP contribution in [0.3, 0.4) is 0 Å². The number of carbonyl (C=O) groups excluding carboxylic acids is 2. The molecule has 6 nitrogen and oxygen atoms in total. The third-order valence-electron chi connectivity index (χ3n) is 4.07. The van der Waals surface area contributed by atoms with E-state index in [1.54, 1.807) is 6.08 Å². The minimum atomic E-state index is -0.760. The smallest absolute Gasteiger partial charge is 0.303 e. The lowest BCUT2D eigenvalue weighted by atomic mass is 9.72. The molecule has 0 aromatic heterocycles. The molecule has 3 heterocycles. The number of oxime groups is 1. The van der Waals surface area contributed by atoms with Gasteiger partial charge in [0.25, 0.3) is 0 Å². The second-order valence-electron chi connectivity index (χ2n) is 5.25. The average molecular weight is 280 g/mol. The maximum atomic E-state index is 11.5. The number of hydrogen-bond acceptors (Lipinski definition) is 6. The Kier molecular flexibility index (Phi) is 4.54. The van der Waals surface area contributed by atoms with Gasteiger partial charge in [-0.1, -0.05) is 11.7 Å². The quantitative estimate of drug-likeness (QED) is 0.236. The van der Waals surface area contributed by atoms with Crippen molar-refractivity contribution in [2.75, 3.05) is 19.6 Å². The summed E-state index contributed by atoms with van der Waals surface area (Å²) in [6.45, 7) is 7.78. The number of aldehydes is 1. The van der Waals surface area contributed by atoms with Crippen molar-refractivity contribution in [2.45, 2.75) is 31.5 Å². The average Bonchev–Trinajstić information content (AvgIpc) is 2.44. The molecule has 0 aromatic rings. The third-order valence-corrected chi connectivity index (χ3v) is 4.07. The fraction of sp³-hybridized carbons (Fsp3) is 0.643. The fourth-order valence-electron chi connectivity index (χ4n) is 3.28. The first-order valence-electron chi connectivity index (χ1n) is 6.80. The third kappa shape index (κ3) is 2.75. The molecular formula is C14H20N2O4. The van der Waals surface area contributed by atoms with Crippen LogP contribution in [-0.2, 0) is 19.2 Å². The van der Waals surface area contributed by atoms with Crippen LogP contribution in [0.2, 0.25) is 0 Å².